The second kappa shape index (κ2) is 21.3. The van der Waals surface area contributed by atoms with Gasteiger partial charge in [0.1, 0.15) is 0 Å². The van der Waals surface area contributed by atoms with E-state index >= 15 is 0 Å². The van der Waals surface area contributed by atoms with Crippen molar-refractivity contribution in [3.05, 3.63) is 48.6 Å². The van der Waals surface area contributed by atoms with Crippen LogP contribution in [-0.2, 0) is 18.4 Å². The first kappa shape index (κ1) is 35.3. The molecule has 0 aliphatic rings. The molecular weight excluding hydrogens is 495 g/mol. The molecule has 1 amide bonds. The van der Waals surface area contributed by atoms with Crippen molar-refractivity contribution < 1.29 is 18.4 Å². The molecule has 0 heterocycles. The molecule has 1 N–H and O–H groups in total. The van der Waals surface area contributed by atoms with Gasteiger partial charge < -0.3 is 14.2 Å². The number of allylic oxidation sites excluding steroid dienone is 8. The number of amides is 1. The zero-order valence-electron chi connectivity index (χ0n) is 24.8. The van der Waals surface area contributed by atoms with Crippen molar-refractivity contribution in [1.29, 1.82) is 0 Å². The molecule has 0 saturated carbocycles. The van der Waals surface area contributed by atoms with E-state index in [0.717, 1.165) is 32.1 Å². The van der Waals surface area contributed by atoms with Gasteiger partial charge in [0.15, 0.2) is 8.32 Å². The van der Waals surface area contributed by atoms with Crippen LogP contribution in [0.3, 0.4) is 0 Å². The maximum absolute atomic E-state index is 12.3. The van der Waals surface area contributed by atoms with Gasteiger partial charge in [0.2, 0.25) is 14.2 Å². The number of hydrogen-bond donors (Lipinski definition) is 1. The van der Waals surface area contributed by atoms with Crippen LogP contribution in [-0.4, -0.2) is 41.2 Å². The van der Waals surface area contributed by atoms with E-state index in [4.69, 9.17) is 8.85 Å². The summed E-state index contributed by atoms with van der Waals surface area (Å²) < 4.78 is 11.7. The highest BCUT2D eigenvalue weighted by Crippen LogP contribution is 2.13. The summed E-state index contributed by atoms with van der Waals surface area (Å²) in [5.74, 6) is -0.240. The fourth-order valence-corrected chi connectivity index (χ4v) is 5.42. The predicted octanol–water partition coefficient (Wildman–Crippen LogP) is 8.24. The lowest BCUT2D eigenvalue weighted by molar-refractivity contribution is -0.137. The van der Waals surface area contributed by atoms with Crippen LogP contribution >= 0.6 is 0 Å². The Morgan fingerprint density at radius 1 is 0.730 bits per heavy atom. The minimum Gasteiger partial charge on any atom is -0.520 e. The summed E-state index contributed by atoms with van der Waals surface area (Å²) in [4.78, 5) is 24.5. The second-order valence-corrected chi connectivity index (χ2v) is 20.3. The van der Waals surface area contributed by atoms with Crippen LogP contribution < -0.4 is 5.32 Å². The Morgan fingerprint density at radius 3 is 1.73 bits per heavy atom. The smallest absolute Gasteiger partial charge is 0.295 e. The molecule has 37 heavy (non-hydrogen) atoms. The van der Waals surface area contributed by atoms with Crippen LogP contribution in [0.25, 0.3) is 0 Å². The quantitative estimate of drug-likeness (QED) is 0.0889. The summed E-state index contributed by atoms with van der Waals surface area (Å²) in [6.45, 7) is 14.8. The maximum Gasteiger partial charge on any atom is 0.295 e. The zero-order valence-corrected chi connectivity index (χ0v) is 26.8. The van der Waals surface area contributed by atoms with Gasteiger partial charge in [0, 0.05) is 13.0 Å². The van der Waals surface area contributed by atoms with Crippen molar-refractivity contribution >= 4 is 28.5 Å². The maximum atomic E-state index is 12.3. The third kappa shape index (κ3) is 27.2. The lowest BCUT2D eigenvalue weighted by Crippen LogP contribution is -2.42. The summed E-state index contributed by atoms with van der Waals surface area (Å²) in [6, 6.07) is 0. The van der Waals surface area contributed by atoms with E-state index in [1.165, 1.54) is 25.7 Å². The minimum atomic E-state index is -1.94. The topological polar surface area (TPSA) is 64.6 Å². The van der Waals surface area contributed by atoms with E-state index in [1.807, 2.05) is 19.6 Å². The monoisotopic (exact) mass is 549 g/mol. The van der Waals surface area contributed by atoms with E-state index in [2.05, 4.69) is 80.5 Å². The Hall–Kier alpha value is -1.71. The zero-order chi connectivity index (χ0) is 28.0. The number of rotatable bonds is 21. The molecule has 0 fully saturated rings. The molecule has 0 aliphatic heterocycles. The van der Waals surface area contributed by atoms with Gasteiger partial charge in [0.05, 0.1) is 12.5 Å². The van der Waals surface area contributed by atoms with Gasteiger partial charge in [-0.05, 0) is 84.2 Å². The fraction of sp³-hybridized carbons (Fsp3) is 0.667. The van der Waals surface area contributed by atoms with E-state index in [1.54, 1.807) is 0 Å². The average molecular weight is 550 g/mol. The summed E-state index contributed by atoms with van der Waals surface area (Å²) in [5, 5.41) is 2.94. The van der Waals surface area contributed by atoms with Crippen LogP contribution in [0.4, 0.5) is 0 Å². The predicted molar refractivity (Wildman–Crippen MR) is 164 cm³/mol. The average Bonchev–Trinajstić information content (AvgIpc) is 2.77. The molecule has 212 valence electrons. The highest BCUT2D eigenvalue weighted by Gasteiger charge is 2.27. The van der Waals surface area contributed by atoms with Crippen molar-refractivity contribution in [2.24, 2.45) is 0 Å². The SMILES string of the molecule is CCCCC/C=C\C/C=C\C/C=C\C/C=C\CCCC(=O)NCC(CC(=O)O[Si](C)(C)C)O[Si](C)(C)C. The Morgan fingerprint density at radius 2 is 1.24 bits per heavy atom. The number of nitrogens with one attached hydrogen (secondary N) is 1. The van der Waals surface area contributed by atoms with E-state index in [0.29, 0.717) is 13.0 Å². The lowest BCUT2D eigenvalue weighted by Gasteiger charge is -2.27. The van der Waals surface area contributed by atoms with Crippen molar-refractivity contribution in [2.75, 3.05) is 6.54 Å². The van der Waals surface area contributed by atoms with Crippen molar-refractivity contribution in [1.82, 2.24) is 5.32 Å². The molecule has 0 aromatic heterocycles. The van der Waals surface area contributed by atoms with Gasteiger partial charge in [0.25, 0.3) is 5.97 Å². The first-order chi connectivity index (χ1) is 17.4. The van der Waals surface area contributed by atoms with Crippen LogP contribution in [0.15, 0.2) is 48.6 Å². The molecule has 5 nitrogen and oxygen atoms in total. The number of unbranched alkanes of at least 4 members (excludes halogenated alkanes) is 4. The van der Waals surface area contributed by atoms with Gasteiger partial charge in [-0.1, -0.05) is 68.4 Å². The van der Waals surface area contributed by atoms with Gasteiger partial charge in [-0.2, -0.15) is 0 Å². The number of carbonyl (C=O) groups is 2. The molecule has 0 aliphatic carbocycles. The molecule has 0 aromatic carbocycles. The molecule has 0 bridgehead atoms. The summed E-state index contributed by atoms with van der Waals surface area (Å²) in [5.41, 5.74) is 0. The Labute approximate surface area is 230 Å². The highest BCUT2D eigenvalue weighted by atomic mass is 28.4. The molecule has 0 saturated heterocycles. The Bertz CT molecular complexity index is 731. The summed E-state index contributed by atoms with van der Waals surface area (Å²) in [7, 11) is -3.79. The van der Waals surface area contributed by atoms with Crippen molar-refractivity contribution in [3.63, 3.8) is 0 Å². The van der Waals surface area contributed by atoms with Crippen LogP contribution in [0.1, 0.15) is 77.6 Å². The standard InChI is InChI=1S/C30H55NO4Si2/c1-8-9-10-11-12-13-14-15-16-17-18-19-20-21-22-23-24-25-29(32)31-27-28(34-36(2,3)4)26-30(33)35-37(5,6)7/h12-13,15-16,18-19,21-22,28H,8-11,14,17,20,23-27H2,1-7H3,(H,31,32)/b13-12-,16-15-,19-18-,22-21-. The van der Waals surface area contributed by atoms with E-state index < -0.39 is 16.6 Å². The van der Waals surface area contributed by atoms with Crippen LogP contribution in [0.5, 0.6) is 0 Å². The van der Waals surface area contributed by atoms with Crippen molar-refractivity contribution in [2.45, 2.75) is 123 Å². The third-order valence-electron chi connectivity index (χ3n) is 5.09. The van der Waals surface area contributed by atoms with E-state index in [-0.39, 0.29) is 24.4 Å². The molecule has 0 radical (unpaired) electrons. The third-order valence-corrected chi connectivity index (χ3v) is 6.97. The molecule has 0 aromatic rings. The molecular formula is C30H55NO4Si2. The summed E-state index contributed by atoms with van der Waals surface area (Å²) in [6.07, 6.45) is 27.6. The minimum absolute atomic E-state index is 0.00127. The lowest BCUT2D eigenvalue weighted by atomic mass is 10.2. The van der Waals surface area contributed by atoms with Crippen LogP contribution in [0, 0.1) is 0 Å². The Balaban J connectivity index is 4.05. The molecule has 0 spiro atoms. The first-order valence-electron chi connectivity index (χ1n) is 14.2. The first-order valence-corrected chi connectivity index (χ1v) is 21.0. The largest absolute Gasteiger partial charge is 0.520 e. The molecule has 7 heteroatoms. The van der Waals surface area contributed by atoms with Gasteiger partial charge in [-0.25, -0.2) is 0 Å². The fourth-order valence-electron chi connectivity index (χ4n) is 3.48. The number of hydrogen-bond acceptors (Lipinski definition) is 4. The summed E-state index contributed by atoms with van der Waals surface area (Å²) >= 11 is 0. The van der Waals surface area contributed by atoms with E-state index in [9.17, 15) is 9.59 Å². The second-order valence-electron chi connectivity index (χ2n) is 11.4. The molecule has 1 atom stereocenters. The Kier molecular flexibility index (Phi) is 20.3. The molecule has 0 rings (SSSR count). The highest BCUT2D eigenvalue weighted by molar-refractivity contribution is 6.71. The normalized spacial score (nSPS) is 13.8. The van der Waals surface area contributed by atoms with Crippen molar-refractivity contribution in [3.8, 4) is 0 Å². The van der Waals surface area contributed by atoms with Gasteiger partial charge >= 0.3 is 0 Å². The van der Waals surface area contributed by atoms with Gasteiger partial charge in [-0.3, -0.25) is 9.59 Å². The van der Waals surface area contributed by atoms with Gasteiger partial charge in [-0.15, -0.1) is 0 Å². The number of carbonyl (C=O) groups excluding carboxylic acids is 2. The van der Waals surface area contributed by atoms with Crippen LogP contribution in [0.2, 0.25) is 39.3 Å². The molecule has 1 unspecified atom stereocenters.